The molecule has 0 radical (unpaired) electrons. The second kappa shape index (κ2) is 5.13. The van der Waals surface area contributed by atoms with Crippen molar-refractivity contribution in [2.75, 3.05) is 12.0 Å². The van der Waals surface area contributed by atoms with Crippen LogP contribution in [0.3, 0.4) is 0 Å². The second-order valence-electron chi connectivity index (χ2n) is 3.71. The number of fused-ring (bicyclic) bond motifs is 1. The fourth-order valence-corrected chi connectivity index (χ4v) is 2.42. The summed E-state index contributed by atoms with van der Waals surface area (Å²) in [6.45, 7) is 1.57. The van der Waals surface area contributed by atoms with Crippen molar-refractivity contribution in [1.82, 2.24) is 4.57 Å². The third-order valence-electron chi connectivity index (χ3n) is 2.68. The first-order valence-corrected chi connectivity index (χ1v) is 6.99. The number of hydrogen-bond acceptors (Lipinski definition) is 2. The summed E-state index contributed by atoms with van der Waals surface area (Å²) >= 11 is 7.87. The van der Waals surface area contributed by atoms with E-state index in [1.807, 2.05) is 23.9 Å². The first kappa shape index (κ1) is 11.8. The number of rotatable bonds is 4. The lowest BCUT2D eigenvalue weighted by Gasteiger charge is -2.03. The molecule has 1 aromatic carbocycles. The van der Waals surface area contributed by atoms with E-state index in [-0.39, 0.29) is 0 Å². The van der Waals surface area contributed by atoms with Gasteiger partial charge in [-0.2, -0.15) is 11.8 Å². The van der Waals surface area contributed by atoms with Crippen LogP contribution >= 0.6 is 23.4 Å². The molecule has 0 atom stereocenters. The van der Waals surface area contributed by atoms with Gasteiger partial charge >= 0.3 is 0 Å². The quantitative estimate of drug-likeness (QED) is 0.909. The topological polar surface area (TPSA) is 30.9 Å². The zero-order valence-corrected chi connectivity index (χ0v) is 10.8. The van der Waals surface area contributed by atoms with Gasteiger partial charge in [0.2, 0.25) is 0 Å². The van der Waals surface area contributed by atoms with Gasteiger partial charge in [-0.05, 0) is 24.0 Å². The number of nitrogens with two attached hydrogens (primary N) is 1. The van der Waals surface area contributed by atoms with Crippen molar-refractivity contribution in [2.45, 2.75) is 13.1 Å². The second-order valence-corrected chi connectivity index (χ2v) is 5.13. The molecule has 4 heteroatoms. The molecular formula is C12H15ClN2S. The van der Waals surface area contributed by atoms with Crippen LogP contribution in [0.4, 0.5) is 0 Å². The molecule has 0 amide bonds. The largest absolute Gasteiger partial charge is 0.346 e. The minimum atomic E-state index is 0.574. The Balaban J connectivity index is 2.50. The third kappa shape index (κ3) is 2.21. The molecule has 0 saturated heterocycles. The molecule has 1 aromatic heterocycles. The summed E-state index contributed by atoms with van der Waals surface area (Å²) < 4.78 is 2.24. The van der Waals surface area contributed by atoms with Crippen LogP contribution in [0.1, 0.15) is 5.56 Å². The summed E-state index contributed by atoms with van der Waals surface area (Å²) in [5.74, 6) is 1.10. The Kier molecular flexibility index (Phi) is 3.79. The highest BCUT2D eigenvalue weighted by Gasteiger charge is 2.07. The smallest absolute Gasteiger partial charge is 0.0498 e. The lowest BCUT2D eigenvalue weighted by molar-refractivity contribution is 0.802. The number of aromatic nitrogens is 1. The fraction of sp³-hybridized carbons (Fsp3) is 0.333. The van der Waals surface area contributed by atoms with Crippen LogP contribution in [-0.4, -0.2) is 16.6 Å². The molecule has 86 valence electrons. The normalized spacial score (nSPS) is 11.2. The summed E-state index contributed by atoms with van der Waals surface area (Å²) in [7, 11) is 0. The number of hydrogen-bond donors (Lipinski definition) is 1. The van der Waals surface area contributed by atoms with Crippen molar-refractivity contribution in [1.29, 1.82) is 0 Å². The maximum atomic E-state index is 6.03. The number of benzene rings is 1. The van der Waals surface area contributed by atoms with Crippen molar-refractivity contribution >= 4 is 34.3 Å². The van der Waals surface area contributed by atoms with Crippen LogP contribution in [0, 0.1) is 0 Å². The summed E-state index contributed by atoms with van der Waals surface area (Å²) in [6.07, 6.45) is 4.25. The van der Waals surface area contributed by atoms with Gasteiger partial charge in [0.05, 0.1) is 0 Å². The molecule has 0 bridgehead atoms. The Bertz CT molecular complexity index is 493. The highest BCUT2D eigenvalue weighted by Crippen LogP contribution is 2.24. The number of nitrogens with zero attached hydrogens (tertiary/aromatic N) is 1. The molecule has 1 heterocycles. The number of thioether (sulfide) groups is 1. The van der Waals surface area contributed by atoms with E-state index in [1.54, 1.807) is 0 Å². The summed E-state index contributed by atoms with van der Waals surface area (Å²) in [6, 6.07) is 5.98. The van der Waals surface area contributed by atoms with E-state index < -0.39 is 0 Å². The van der Waals surface area contributed by atoms with E-state index in [0.717, 1.165) is 17.3 Å². The number of aryl methyl sites for hydroxylation is 1. The van der Waals surface area contributed by atoms with Crippen molar-refractivity contribution in [3.8, 4) is 0 Å². The average Bonchev–Trinajstić information content (AvgIpc) is 2.64. The monoisotopic (exact) mass is 254 g/mol. The molecule has 0 aliphatic carbocycles. The van der Waals surface area contributed by atoms with Crippen molar-refractivity contribution in [3.05, 3.63) is 35.0 Å². The van der Waals surface area contributed by atoms with Gasteiger partial charge < -0.3 is 10.3 Å². The molecule has 0 unspecified atom stereocenters. The Hall–Kier alpha value is -0.640. The number of halogens is 1. The average molecular weight is 255 g/mol. The highest BCUT2D eigenvalue weighted by atomic mass is 35.5. The zero-order chi connectivity index (χ0) is 11.5. The molecule has 2 rings (SSSR count). The Labute approximate surface area is 105 Å². The molecule has 2 nitrogen and oxygen atoms in total. The van der Waals surface area contributed by atoms with Crippen LogP contribution in [0.25, 0.3) is 10.9 Å². The molecule has 2 N–H and O–H groups in total. The first-order chi connectivity index (χ1) is 7.76. The van der Waals surface area contributed by atoms with Gasteiger partial charge in [-0.15, -0.1) is 0 Å². The van der Waals surface area contributed by atoms with Gasteiger partial charge in [-0.3, -0.25) is 0 Å². The Morgan fingerprint density at radius 2 is 2.25 bits per heavy atom. The minimum Gasteiger partial charge on any atom is -0.346 e. The molecule has 0 aliphatic rings. The Morgan fingerprint density at radius 1 is 1.44 bits per heavy atom. The maximum absolute atomic E-state index is 6.03. The van der Waals surface area contributed by atoms with Gasteiger partial charge in [0, 0.05) is 41.0 Å². The van der Waals surface area contributed by atoms with E-state index in [9.17, 15) is 0 Å². The van der Waals surface area contributed by atoms with Crippen LogP contribution in [-0.2, 0) is 13.1 Å². The van der Waals surface area contributed by atoms with Crippen molar-refractivity contribution in [3.63, 3.8) is 0 Å². The lowest BCUT2D eigenvalue weighted by Crippen LogP contribution is -1.98. The molecule has 0 aliphatic heterocycles. The zero-order valence-electron chi connectivity index (χ0n) is 9.24. The van der Waals surface area contributed by atoms with Crippen LogP contribution in [0.5, 0.6) is 0 Å². The van der Waals surface area contributed by atoms with Gasteiger partial charge in [-0.25, -0.2) is 0 Å². The first-order valence-electron chi connectivity index (χ1n) is 5.22. The van der Waals surface area contributed by atoms with Crippen molar-refractivity contribution < 1.29 is 0 Å². The van der Waals surface area contributed by atoms with E-state index in [4.69, 9.17) is 17.3 Å². The SMILES string of the molecule is CSCCn1cc(CN)c2ccc(Cl)cc21. The molecule has 0 saturated carbocycles. The predicted molar refractivity (Wildman–Crippen MR) is 73.2 cm³/mol. The van der Waals surface area contributed by atoms with E-state index in [0.29, 0.717) is 6.54 Å². The van der Waals surface area contributed by atoms with Crippen LogP contribution < -0.4 is 5.73 Å². The third-order valence-corrected chi connectivity index (χ3v) is 3.51. The summed E-state index contributed by atoms with van der Waals surface area (Å²) in [4.78, 5) is 0. The van der Waals surface area contributed by atoms with E-state index >= 15 is 0 Å². The van der Waals surface area contributed by atoms with Gasteiger partial charge in [0.25, 0.3) is 0 Å². The van der Waals surface area contributed by atoms with Crippen molar-refractivity contribution in [2.24, 2.45) is 5.73 Å². The highest BCUT2D eigenvalue weighted by molar-refractivity contribution is 7.98. The summed E-state index contributed by atoms with van der Waals surface area (Å²) in [5, 5.41) is 1.99. The lowest BCUT2D eigenvalue weighted by atomic mass is 10.2. The Morgan fingerprint density at radius 3 is 2.94 bits per heavy atom. The van der Waals surface area contributed by atoms with Gasteiger partial charge in [0.15, 0.2) is 0 Å². The van der Waals surface area contributed by atoms with E-state index in [2.05, 4.69) is 23.1 Å². The fourth-order valence-electron chi connectivity index (χ4n) is 1.88. The molecule has 0 spiro atoms. The molecule has 2 aromatic rings. The van der Waals surface area contributed by atoms with Crippen LogP contribution in [0.15, 0.2) is 24.4 Å². The molecule has 16 heavy (non-hydrogen) atoms. The van der Waals surface area contributed by atoms with Gasteiger partial charge in [-0.1, -0.05) is 17.7 Å². The molecular weight excluding hydrogens is 240 g/mol. The summed E-state index contributed by atoms with van der Waals surface area (Å²) in [5.41, 5.74) is 8.11. The standard InChI is InChI=1S/C12H15ClN2S/c1-16-5-4-15-8-9(7-14)11-3-2-10(13)6-12(11)15/h2-3,6,8H,4-5,7,14H2,1H3. The minimum absolute atomic E-state index is 0.574. The van der Waals surface area contributed by atoms with Gasteiger partial charge in [0.1, 0.15) is 0 Å². The van der Waals surface area contributed by atoms with E-state index in [1.165, 1.54) is 16.5 Å². The molecule has 0 fully saturated rings. The maximum Gasteiger partial charge on any atom is 0.0498 e. The van der Waals surface area contributed by atoms with Crippen LogP contribution in [0.2, 0.25) is 5.02 Å². The predicted octanol–water partition coefficient (Wildman–Crippen LogP) is 3.12.